The number of carboxylic acids is 1. The Kier molecular flexibility index (Phi) is 6.83. The molecule has 0 bridgehead atoms. The zero-order valence-corrected chi connectivity index (χ0v) is 14.6. The summed E-state index contributed by atoms with van der Waals surface area (Å²) < 4.78 is 5.43. The molecule has 2 rings (SSSR count). The molecule has 2 aromatic rings. The first-order valence-electron chi connectivity index (χ1n) is 7.94. The predicted octanol–water partition coefficient (Wildman–Crippen LogP) is 2.28. The molecule has 1 N–H and O–H groups in total. The second-order valence-corrected chi connectivity index (χ2v) is 5.97. The Morgan fingerprint density at radius 2 is 1.76 bits per heavy atom. The first-order valence-corrected chi connectivity index (χ1v) is 8.32. The van der Waals surface area contributed by atoms with Gasteiger partial charge < -0.3 is 20.0 Å². The molecule has 5 nitrogen and oxygen atoms in total. The minimum Gasteiger partial charge on any atom is -0.550 e. The Balaban J connectivity index is 1.96. The predicted molar refractivity (Wildman–Crippen MR) is 93.3 cm³/mol. The summed E-state index contributed by atoms with van der Waals surface area (Å²) in [6.07, 6.45) is 0.589. The van der Waals surface area contributed by atoms with Crippen LogP contribution in [0.4, 0.5) is 0 Å². The Bertz CT molecular complexity index is 713. The van der Waals surface area contributed by atoms with Crippen LogP contribution in [0.2, 0.25) is 5.02 Å². The summed E-state index contributed by atoms with van der Waals surface area (Å²) in [6, 6.07) is 13.4. The van der Waals surface area contributed by atoms with E-state index in [4.69, 9.17) is 16.3 Å². The zero-order valence-electron chi connectivity index (χ0n) is 13.8. The highest BCUT2D eigenvalue weighted by Gasteiger charge is 2.15. The van der Waals surface area contributed by atoms with Crippen LogP contribution in [-0.2, 0) is 16.0 Å². The van der Waals surface area contributed by atoms with E-state index in [0.29, 0.717) is 16.3 Å². The van der Waals surface area contributed by atoms with Crippen LogP contribution in [-0.4, -0.2) is 18.5 Å². The summed E-state index contributed by atoms with van der Waals surface area (Å²) in [5.41, 5.74) is 1.81. The average molecular weight is 361 g/mol. The van der Waals surface area contributed by atoms with E-state index >= 15 is 0 Å². The SMILES string of the molecule is CCc1ccc(OCC(=O)N[C@H](CC(=O)[O-])c2ccc(Cl)cc2)cc1. The fourth-order valence-electron chi connectivity index (χ4n) is 2.32. The van der Waals surface area contributed by atoms with Crippen LogP contribution in [0.15, 0.2) is 48.5 Å². The van der Waals surface area contributed by atoms with Gasteiger partial charge in [0.15, 0.2) is 6.61 Å². The van der Waals surface area contributed by atoms with Crippen LogP contribution in [0.1, 0.15) is 30.5 Å². The number of hydrogen-bond donors (Lipinski definition) is 1. The molecule has 0 unspecified atom stereocenters. The minimum atomic E-state index is -1.25. The van der Waals surface area contributed by atoms with Gasteiger partial charge in [0.1, 0.15) is 5.75 Å². The Hall–Kier alpha value is -2.53. The van der Waals surface area contributed by atoms with Crippen LogP contribution in [0.3, 0.4) is 0 Å². The summed E-state index contributed by atoms with van der Waals surface area (Å²) in [6.45, 7) is 1.85. The highest BCUT2D eigenvalue weighted by Crippen LogP contribution is 2.19. The maximum absolute atomic E-state index is 12.1. The molecule has 25 heavy (non-hydrogen) atoms. The van der Waals surface area contributed by atoms with Crippen molar-refractivity contribution >= 4 is 23.5 Å². The van der Waals surface area contributed by atoms with Gasteiger partial charge in [-0.2, -0.15) is 0 Å². The summed E-state index contributed by atoms with van der Waals surface area (Å²) in [5.74, 6) is -1.09. The van der Waals surface area contributed by atoms with Crippen molar-refractivity contribution in [3.63, 3.8) is 0 Å². The molecule has 0 aliphatic heterocycles. The number of ether oxygens (including phenoxy) is 1. The molecule has 2 aromatic carbocycles. The van der Waals surface area contributed by atoms with E-state index in [0.717, 1.165) is 6.42 Å². The van der Waals surface area contributed by atoms with E-state index in [1.807, 2.05) is 12.1 Å². The van der Waals surface area contributed by atoms with Gasteiger partial charge in [-0.1, -0.05) is 42.8 Å². The molecule has 1 atom stereocenters. The highest BCUT2D eigenvalue weighted by atomic mass is 35.5. The van der Waals surface area contributed by atoms with Gasteiger partial charge in [-0.05, 0) is 41.8 Å². The van der Waals surface area contributed by atoms with Gasteiger partial charge in [-0.3, -0.25) is 4.79 Å². The number of carbonyl (C=O) groups is 2. The molecule has 0 radical (unpaired) electrons. The Labute approximate surface area is 151 Å². The largest absolute Gasteiger partial charge is 0.550 e. The third kappa shape index (κ3) is 6.12. The smallest absolute Gasteiger partial charge is 0.258 e. The van der Waals surface area contributed by atoms with Crippen molar-refractivity contribution < 1.29 is 19.4 Å². The second-order valence-electron chi connectivity index (χ2n) is 5.53. The van der Waals surface area contributed by atoms with Gasteiger partial charge in [0.25, 0.3) is 5.91 Å². The van der Waals surface area contributed by atoms with Crippen LogP contribution in [0, 0.1) is 0 Å². The van der Waals surface area contributed by atoms with Gasteiger partial charge in [0, 0.05) is 17.4 Å². The van der Waals surface area contributed by atoms with Gasteiger partial charge in [-0.25, -0.2) is 0 Å². The van der Waals surface area contributed by atoms with Gasteiger partial charge >= 0.3 is 0 Å². The first-order chi connectivity index (χ1) is 12.0. The van der Waals surface area contributed by atoms with Gasteiger partial charge in [-0.15, -0.1) is 0 Å². The lowest BCUT2D eigenvalue weighted by atomic mass is 10.0. The molecule has 0 aliphatic carbocycles. The van der Waals surface area contributed by atoms with Crippen molar-refractivity contribution in [3.8, 4) is 5.75 Å². The number of carbonyl (C=O) groups excluding carboxylic acids is 2. The number of aliphatic carboxylic acids is 1. The summed E-state index contributed by atoms with van der Waals surface area (Å²) in [5, 5.41) is 14.1. The zero-order chi connectivity index (χ0) is 18.2. The van der Waals surface area contributed by atoms with E-state index in [9.17, 15) is 14.7 Å². The van der Waals surface area contributed by atoms with E-state index in [1.54, 1.807) is 36.4 Å². The first kappa shape index (κ1) is 18.8. The summed E-state index contributed by atoms with van der Waals surface area (Å²) in [4.78, 5) is 23.0. The minimum absolute atomic E-state index is 0.206. The molecule has 0 fully saturated rings. The van der Waals surface area contributed by atoms with Gasteiger partial charge in [0.05, 0.1) is 6.04 Å². The monoisotopic (exact) mass is 360 g/mol. The topological polar surface area (TPSA) is 78.5 Å². The number of amides is 1. The fourth-order valence-corrected chi connectivity index (χ4v) is 2.45. The van der Waals surface area contributed by atoms with E-state index in [2.05, 4.69) is 12.2 Å². The van der Waals surface area contributed by atoms with Gasteiger partial charge in [0.2, 0.25) is 0 Å². The van der Waals surface area contributed by atoms with E-state index in [-0.39, 0.29) is 13.0 Å². The summed E-state index contributed by atoms with van der Waals surface area (Å²) in [7, 11) is 0. The van der Waals surface area contributed by atoms with E-state index in [1.165, 1.54) is 5.56 Å². The third-order valence-electron chi connectivity index (χ3n) is 3.68. The molecule has 0 spiro atoms. The molecule has 0 saturated carbocycles. The number of rotatable bonds is 8. The maximum atomic E-state index is 12.1. The van der Waals surface area contributed by atoms with Crippen molar-refractivity contribution in [2.45, 2.75) is 25.8 Å². The van der Waals surface area contributed by atoms with Crippen molar-refractivity contribution in [3.05, 3.63) is 64.7 Å². The molecule has 0 saturated heterocycles. The molecule has 0 heterocycles. The van der Waals surface area contributed by atoms with Crippen LogP contribution >= 0.6 is 11.6 Å². The Morgan fingerprint density at radius 3 is 2.32 bits per heavy atom. The average Bonchev–Trinajstić information content (AvgIpc) is 2.60. The van der Waals surface area contributed by atoms with Crippen molar-refractivity contribution in [2.24, 2.45) is 0 Å². The lowest BCUT2D eigenvalue weighted by Gasteiger charge is -2.20. The second kappa shape index (κ2) is 9.08. The fraction of sp³-hybridized carbons (Fsp3) is 0.263. The molecule has 0 aromatic heterocycles. The quantitative estimate of drug-likeness (QED) is 0.783. The van der Waals surface area contributed by atoms with E-state index < -0.39 is 17.9 Å². The maximum Gasteiger partial charge on any atom is 0.258 e. The molecular formula is C19H19ClNO4-. The van der Waals surface area contributed by atoms with Crippen molar-refractivity contribution in [1.29, 1.82) is 0 Å². The number of aryl methyl sites for hydroxylation is 1. The molecule has 1 amide bonds. The molecule has 0 aliphatic rings. The lowest BCUT2D eigenvalue weighted by Crippen LogP contribution is -2.36. The Morgan fingerprint density at radius 1 is 1.12 bits per heavy atom. The lowest BCUT2D eigenvalue weighted by molar-refractivity contribution is -0.306. The van der Waals surface area contributed by atoms with Crippen LogP contribution in [0.5, 0.6) is 5.75 Å². The molecular weight excluding hydrogens is 342 g/mol. The van der Waals surface area contributed by atoms with Crippen molar-refractivity contribution in [1.82, 2.24) is 5.32 Å². The molecule has 132 valence electrons. The number of carboxylic acid groups (broad SMARTS) is 1. The number of benzene rings is 2. The van der Waals surface area contributed by atoms with Crippen LogP contribution < -0.4 is 15.2 Å². The number of hydrogen-bond acceptors (Lipinski definition) is 4. The standard InChI is InChI=1S/C19H20ClNO4/c1-2-13-3-9-16(10-4-13)25-12-18(22)21-17(11-19(23)24)14-5-7-15(20)8-6-14/h3-10,17H,2,11-12H2,1H3,(H,21,22)(H,23,24)/p-1/t17-/m1/s1. The third-order valence-corrected chi connectivity index (χ3v) is 3.93. The number of halogens is 1. The van der Waals surface area contributed by atoms with Crippen LogP contribution in [0.25, 0.3) is 0 Å². The normalized spacial score (nSPS) is 11.6. The number of nitrogens with one attached hydrogen (secondary N) is 1. The van der Waals surface area contributed by atoms with Crippen molar-refractivity contribution in [2.75, 3.05) is 6.61 Å². The summed E-state index contributed by atoms with van der Waals surface area (Å²) >= 11 is 5.83. The molecule has 6 heteroatoms. The highest BCUT2D eigenvalue weighted by molar-refractivity contribution is 6.30.